The molecule has 0 bridgehead atoms. The number of nitrogens with two attached hydrogens (primary N) is 1. The van der Waals surface area contributed by atoms with Gasteiger partial charge in [-0.05, 0) is 67.9 Å². The van der Waals surface area contributed by atoms with Crippen LogP contribution in [0.1, 0.15) is 18.4 Å². The number of nitrogens with zero attached hydrogens (tertiary/aromatic N) is 1. The van der Waals surface area contributed by atoms with Gasteiger partial charge in [-0.25, -0.2) is 0 Å². The molecule has 3 N–H and O–H groups in total. The lowest BCUT2D eigenvalue weighted by atomic mass is 9.95. The minimum absolute atomic E-state index is 0. The van der Waals surface area contributed by atoms with E-state index in [1.54, 1.807) is 0 Å². The van der Waals surface area contributed by atoms with Gasteiger partial charge in [0.2, 0.25) is 5.91 Å². The normalized spacial score (nSPS) is 15.4. The number of likely N-dealkylation sites (tertiary alicyclic amines) is 1. The minimum atomic E-state index is 0. The van der Waals surface area contributed by atoms with Crippen LogP contribution in [-0.4, -0.2) is 23.9 Å². The summed E-state index contributed by atoms with van der Waals surface area (Å²) in [4.78, 5) is 14.8. The number of piperidine rings is 1. The first-order chi connectivity index (χ1) is 11.6. The van der Waals surface area contributed by atoms with E-state index in [0.717, 1.165) is 48.3 Å². The van der Waals surface area contributed by atoms with Crippen LogP contribution in [0.15, 0.2) is 53.0 Å². The molecule has 0 saturated carbocycles. The molecule has 2 aromatic rings. The molecule has 1 aliphatic rings. The molecule has 0 unspecified atom stereocenters. The molecule has 0 aliphatic carbocycles. The van der Waals surface area contributed by atoms with Crippen LogP contribution in [0.5, 0.6) is 0 Å². The second kappa shape index (κ2) is 9.22. The van der Waals surface area contributed by atoms with Crippen LogP contribution < -0.4 is 11.1 Å². The number of carbonyl (C=O) groups excluding carboxylic acids is 1. The van der Waals surface area contributed by atoms with Crippen molar-refractivity contribution in [1.29, 1.82) is 0 Å². The van der Waals surface area contributed by atoms with E-state index in [2.05, 4.69) is 32.2 Å². The fourth-order valence-electron chi connectivity index (χ4n) is 3.08. The van der Waals surface area contributed by atoms with Gasteiger partial charge in [0, 0.05) is 28.3 Å². The van der Waals surface area contributed by atoms with Gasteiger partial charge in [-0.1, -0.05) is 28.1 Å². The van der Waals surface area contributed by atoms with Gasteiger partial charge in [-0.15, -0.1) is 12.4 Å². The lowest BCUT2D eigenvalue weighted by Gasteiger charge is -2.31. The number of rotatable bonds is 4. The van der Waals surface area contributed by atoms with Crippen molar-refractivity contribution >= 4 is 45.6 Å². The highest BCUT2D eigenvalue weighted by Crippen LogP contribution is 2.22. The predicted octanol–water partition coefficient (Wildman–Crippen LogP) is 4.30. The van der Waals surface area contributed by atoms with Crippen LogP contribution in [0, 0.1) is 5.92 Å². The number of carbonyl (C=O) groups is 1. The van der Waals surface area contributed by atoms with Crippen LogP contribution in [0.25, 0.3) is 0 Å². The Morgan fingerprint density at radius 3 is 2.48 bits per heavy atom. The Bertz CT molecular complexity index is 700. The van der Waals surface area contributed by atoms with Crippen molar-refractivity contribution in [3.05, 3.63) is 58.6 Å². The molecular formula is C19H23BrClN3O. The summed E-state index contributed by atoms with van der Waals surface area (Å²) in [5, 5.41) is 3.02. The van der Waals surface area contributed by atoms with E-state index in [1.165, 1.54) is 5.56 Å². The summed E-state index contributed by atoms with van der Waals surface area (Å²) < 4.78 is 1.01. The number of benzene rings is 2. The fourth-order valence-corrected chi connectivity index (χ4v) is 3.34. The van der Waals surface area contributed by atoms with Gasteiger partial charge in [-0.2, -0.15) is 0 Å². The van der Waals surface area contributed by atoms with Crippen LogP contribution >= 0.6 is 28.3 Å². The molecule has 1 aliphatic heterocycles. The number of anilines is 2. The average Bonchev–Trinajstić information content (AvgIpc) is 2.57. The zero-order chi connectivity index (χ0) is 16.9. The van der Waals surface area contributed by atoms with E-state index >= 15 is 0 Å². The van der Waals surface area contributed by atoms with E-state index in [0.29, 0.717) is 0 Å². The molecule has 0 atom stereocenters. The van der Waals surface area contributed by atoms with Crippen LogP contribution in [0.4, 0.5) is 11.4 Å². The van der Waals surface area contributed by atoms with Crippen LogP contribution in [0.2, 0.25) is 0 Å². The highest BCUT2D eigenvalue weighted by molar-refractivity contribution is 9.10. The van der Waals surface area contributed by atoms with Crippen molar-refractivity contribution in [2.24, 2.45) is 5.92 Å². The molecule has 0 spiro atoms. The van der Waals surface area contributed by atoms with E-state index < -0.39 is 0 Å². The standard InChI is InChI=1S/C19H22BrN3O.ClH/c20-16-4-6-18(7-5-16)22-19(24)15-8-10-23(11-9-15)13-14-2-1-3-17(21)12-14;/h1-7,12,15H,8-11,13,21H2,(H,22,24);1H. The maximum absolute atomic E-state index is 12.4. The zero-order valence-electron chi connectivity index (χ0n) is 14.0. The summed E-state index contributed by atoms with van der Waals surface area (Å²) >= 11 is 3.40. The Kier molecular flexibility index (Phi) is 7.29. The minimum Gasteiger partial charge on any atom is -0.399 e. The van der Waals surface area contributed by atoms with E-state index in [9.17, 15) is 4.79 Å². The average molecular weight is 425 g/mol. The lowest BCUT2D eigenvalue weighted by Crippen LogP contribution is -2.37. The molecular weight excluding hydrogens is 402 g/mol. The van der Waals surface area contributed by atoms with Gasteiger partial charge < -0.3 is 11.1 Å². The molecule has 1 amide bonds. The van der Waals surface area contributed by atoms with Crippen molar-refractivity contribution in [2.45, 2.75) is 19.4 Å². The molecule has 1 fully saturated rings. The second-order valence-electron chi connectivity index (χ2n) is 6.29. The lowest BCUT2D eigenvalue weighted by molar-refractivity contribution is -0.121. The van der Waals surface area contributed by atoms with Crippen molar-refractivity contribution in [2.75, 3.05) is 24.1 Å². The molecule has 1 heterocycles. The van der Waals surface area contributed by atoms with Gasteiger partial charge in [0.1, 0.15) is 0 Å². The molecule has 2 aromatic carbocycles. The largest absolute Gasteiger partial charge is 0.399 e. The van der Waals surface area contributed by atoms with Crippen LogP contribution in [0.3, 0.4) is 0 Å². The Morgan fingerprint density at radius 2 is 1.84 bits per heavy atom. The van der Waals surface area contributed by atoms with E-state index in [1.807, 2.05) is 42.5 Å². The summed E-state index contributed by atoms with van der Waals surface area (Å²) in [6, 6.07) is 15.7. The molecule has 25 heavy (non-hydrogen) atoms. The monoisotopic (exact) mass is 423 g/mol. The number of nitrogens with one attached hydrogen (secondary N) is 1. The second-order valence-corrected chi connectivity index (χ2v) is 7.21. The smallest absolute Gasteiger partial charge is 0.227 e. The highest BCUT2D eigenvalue weighted by Gasteiger charge is 2.25. The number of amides is 1. The van der Waals surface area contributed by atoms with E-state index in [-0.39, 0.29) is 24.2 Å². The highest BCUT2D eigenvalue weighted by atomic mass is 79.9. The number of hydrogen-bond acceptors (Lipinski definition) is 3. The molecule has 0 aromatic heterocycles. The van der Waals surface area contributed by atoms with Gasteiger partial charge in [0.05, 0.1) is 0 Å². The quantitative estimate of drug-likeness (QED) is 0.719. The first kappa shape index (κ1) is 19.8. The maximum atomic E-state index is 12.4. The third kappa shape index (κ3) is 5.73. The summed E-state index contributed by atoms with van der Waals surface area (Å²) in [6.45, 7) is 2.77. The SMILES string of the molecule is Cl.Nc1cccc(CN2CCC(C(=O)Nc3ccc(Br)cc3)CC2)c1. The van der Waals surface area contributed by atoms with Gasteiger partial charge in [0.25, 0.3) is 0 Å². The van der Waals surface area contributed by atoms with Crippen molar-refractivity contribution in [3.63, 3.8) is 0 Å². The summed E-state index contributed by atoms with van der Waals surface area (Å²) in [7, 11) is 0. The van der Waals surface area contributed by atoms with Crippen molar-refractivity contribution < 1.29 is 4.79 Å². The third-order valence-electron chi connectivity index (χ3n) is 4.43. The number of halogens is 2. The molecule has 1 saturated heterocycles. The first-order valence-electron chi connectivity index (χ1n) is 8.23. The Labute approximate surface area is 163 Å². The molecule has 6 heteroatoms. The van der Waals surface area contributed by atoms with Gasteiger partial charge >= 0.3 is 0 Å². The predicted molar refractivity (Wildman–Crippen MR) is 109 cm³/mol. The third-order valence-corrected chi connectivity index (χ3v) is 4.96. The summed E-state index contributed by atoms with van der Waals surface area (Å²) in [6.07, 6.45) is 1.79. The molecule has 134 valence electrons. The topological polar surface area (TPSA) is 58.4 Å². The zero-order valence-corrected chi connectivity index (χ0v) is 16.4. The maximum Gasteiger partial charge on any atom is 0.227 e. The number of hydrogen-bond donors (Lipinski definition) is 2. The Hall–Kier alpha value is -1.56. The summed E-state index contributed by atoms with van der Waals surface area (Å²) in [5.74, 6) is 0.215. The Balaban J connectivity index is 0.00000225. The van der Waals surface area contributed by atoms with E-state index in [4.69, 9.17) is 5.73 Å². The molecule has 4 nitrogen and oxygen atoms in total. The van der Waals surface area contributed by atoms with Crippen LogP contribution in [-0.2, 0) is 11.3 Å². The van der Waals surface area contributed by atoms with Gasteiger partial charge in [0.15, 0.2) is 0 Å². The molecule has 3 rings (SSSR count). The van der Waals surface area contributed by atoms with Crippen molar-refractivity contribution in [1.82, 2.24) is 4.90 Å². The fraction of sp³-hybridized carbons (Fsp3) is 0.316. The summed E-state index contributed by atoms with van der Waals surface area (Å²) in [5.41, 5.74) is 8.72. The Morgan fingerprint density at radius 1 is 1.16 bits per heavy atom. The van der Waals surface area contributed by atoms with Crippen molar-refractivity contribution in [3.8, 4) is 0 Å². The first-order valence-corrected chi connectivity index (χ1v) is 9.02. The molecule has 0 radical (unpaired) electrons. The number of nitrogen functional groups attached to an aromatic ring is 1. The van der Waals surface area contributed by atoms with Gasteiger partial charge in [-0.3, -0.25) is 9.69 Å².